The molecule has 0 radical (unpaired) electrons. The van der Waals surface area contributed by atoms with Gasteiger partial charge in [0.05, 0.1) is 5.25 Å². The van der Waals surface area contributed by atoms with Crippen LogP contribution in [0, 0.1) is 0 Å². The van der Waals surface area contributed by atoms with Crippen molar-refractivity contribution in [1.82, 2.24) is 10.6 Å². The van der Waals surface area contributed by atoms with Gasteiger partial charge in [0.2, 0.25) is 5.91 Å². The first-order valence-corrected chi connectivity index (χ1v) is 11.1. The van der Waals surface area contributed by atoms with E-state index in [1.807, 2.05) is 37.3 Å². The average molecular weight is 423 g/mol. The fraction of sp³-hybridized carbons (Fsp3) is 0.571. The molecule has 2 unspecified atom stereocenters. The predicted molar refractivity (Wildman–Crippen MR) is 113 cm³/mol. The third-order valence-electron chi connectivity index (χ3n) is 4.90. The van der Waals surface area contributed by atoms with E-state index in [0.29, 0.717) is 5.75 Å². The average Bonchev–Trinajstić information content (AvgIpc) is 2.72. The van der Waals surface area contributed by atoms with Crippen LogP contribution >= 0.6 is 11.8 Å². The normalized spacial score (nSPS) is 16.4. The summed E-state index contributed by atoms with van der Waals surface area (Å²) >= 11 is 1.39. The van der Waals surface area contributed by atoms with Crippen molar-refractivity contribution in [1.29, 1.82) is 0 Å². The molecule has 3 N–H and O–H groups in total. The van der Waals surface area contributed by atoms with Crippen LogP contribution in [0.4, 0.5) is 4.79 Å². The highest BCUT2D eigenvalue weighted by atomic mass is 32.2. The van der Waals surface area contributed by atoms with Gasteiger partial charge in [0.15, 0.2) is 0 Å². The predicted octanol–water partition coefficient (Wildman–Crippen LogP) is 3.33. The Hall–Kier alpha value is -2.22. The monoisotopic (exact) mass is 422 g/mol. The van der Waals surface area contributed by atoms with Crippen LogP contribution in [0.1, 0.15) is 51.0 Å². The van der Waals surface area contributed by atoms with Crippen molar-refractivity contribution >= 4 is 29.7 Å². The molecule has 1 fully saturated rings. The van der Waals surface area contributed by atoms with Crippen LogP contribution in [-0.4, -0.2) is 46.2 Å². The zero-order valence-corrected chi connectivity index (χ0v) is 17.6. The number of thioether (sulfide) groups is 1. The molecule has 2 amide bonds. The molecule has 7 nitrogen and oxygen atoms in total. The maximum Gasteiger partial charge on any atom is 0.408 e. The van der Waals surface area contributed by atoms with Crippen molar-refractivity contribution in [3.05, 3.63) is 35.9 Å². The summed E-state index contributed by atoms with van der Waals surface area (Å²) in [6.07, 6.45) is 5.03. The van der Waals surface area contributed by atoms with Gasteiger partial charge in [-0.2, -0.15) is 0 Å². The van der Waals surface area contributed by atoms with Gasteiger partial charge < -0.3 is 20.5 Å². The standard InChI is InChI=1S/C21H30N2O5S/c1-15(19(24)22-17-10-6-3-7-11-17)29-13-12-18(20(25)26)23-21(27)28-14-16-8-4-2-5-9-16/h2,4-5,8-9,15,17-18H,3,6-7,10-14H2,1H3,(H,22,24)(H,23,27)(H,25,26). The number of amides is 2. The highest BCUT2D eigenvalue weighted by Crippen LogP contribution is 2.19. The maximum absolute atomic E-state index is 12.3. The molecule has 0 bridgehead atoms. The second-order valence-corrected chi connectivity index (χ2v) is 8.69. The Balaban J connectivity index is 1.68. The van der Waals surface area contributed by atoms with Crippen LogP contribution in [0.5, 0.6) is 0 Å². The first-order chi connectivity index (χ1) is 14.0. The van der Waals surface area contributed by atoms with E-state index in [2.05, 4.69) is 10.6 Å². The van der Waals surface area contributed by atoms with E-state index in [1.54, 1.807) is 0 Å². The summed E-state index contributed by atoms with van der Waals surface area (Å²) in [5.74, 6) is -0.694. The number of hydrogen-bond acceptors (Lipinski definition) is 5. The van der Waals surface area contributed by atoms with Crippen LogP contribution in [0.25, 0.3) is 0 Å². The minimum atomic E-state index is -1.12. The minimum absolute atomic E-state index is 0.0102. The van der Waals surface area contributed by atoms with Crippen LogP contribution < -0.4 is 10.6 Å². The lowest BCUT2D eigenvalue weighted by Gasteiger charge is -2.24. The lowest BCUT2D eigenvalue weighted by Crippen LogP contribution is -2.42. The van der Waals surface area contributed by atoms with E-state index in [0.717, 1.165) is 31.2 Å². The molecule has 8 heteroatoms. The van der Waals surface area contributed by atoms with Crippen LogP contribution in [-0.2, 0) is 20.9 Å². The molecular formula is C21H30N2O5S. The first kappa shape index (κ1) is 23.1. The molecule has 160 valence electrons. The molecule has 2 atom stereocenters. The molecule has 29 heavy (non-hydrogen) atoms. The number of benzene rings is 1. The smallest absolute Gasteiger partial charge is 0.408 e. The van der Waals surface area contributed by atoms with E-state index in [4.69, 9.17) is 4.74 Å². The van der Waals surface area contributed by atoms with Crippen molar-refractivity contribution in [3.8, 4) is 0 Å². The third-order valence-corrected chi connectivity index (χ3v) is 6.08. The van der Waals surface area contributed by atoms with Gasteiger partial charge in [0.1, 0.15) is 12.6 Å². The van der Waals surface area contributed by atoms with Crippen molar-refractivity contribution < 1.29 is 24.2 Å². The Labute approximate surface area is 176 Å². The molecule has 0 aliphatic heterocycles. The van der Waals surface area contributed by atoms with E-state index >= 15 is 0 Å². The number of ether oxygens (including phenoxy) is 1. The summed E-state index contributed by atoms with van der Waals surface area (Å²) in [6.45, 7) is 1.90. The van der Waals surface area contributed by atoms with Gasteiger partial charge >= 0.3 is 12.1 Å². The molecule has 0 aromatic heterocycles. The van der Waals surface area contributed by atoms with E-state index in [1.165, 1.54) is 18.2 Å². The van der Waals surface area contributed by atoms with Crippen molar-refractivity contribution in [2.75, 3.05) is 5.75 Å². The Morgan fingerprint density at radius 3 is 2.52 bits per heavy atom. The van der Waals surface area contributed by atoms with Crippen LogP contribution in [0.15, 0.2) is 30.3 Å². The number of aliphatic carboxylic acids is 1. The number of rotatable bonds is 10. The summed E-state index contributed by atoms with van der Waals surface area (Å²) in [4.78, 5) is 35.6. The lowest BCUT2D eigenvalue weighted by molar-refractivity contribution is -0.139. The Morgan fingerprint density at radius 1 is 1.17 bits per heavy atom. The number of carbonyl (C=O) groups is 3. The zero-order valence-electron chi connectivity index (χ0n) is 16.8. The number of alkyl carbamates (subject to hydrolysis) is 1. The summed E-state index contributed by atoms with van der Waals surface area (Å²) in [5, 5.41) is 14.5. The molecule has 2 rings (SSSR count). The highest BCUT2D eigenvalue weighted by molar-refractivity contribution is 8.00. The second kappa shape index (κ2) is 12.4. The van der Waals surface area contributed by atoms with Crippen LogP contribution in [0.2, 0.25) is 0 Å². The van der Waals surface area contributed by atoms with E-state index < -0.39 is 18.1 Å². The maximum atomic E-state index is 12.3. The first-order valence-electron chi connectivity index (χ1n) is 10.1. The molecule has 1 aliphatic carbocycles. The van der Waals surface area contributed by atoms with Crippen LogP contribution in [0.3, 0.4) is 0 Å². The Kier molecular flexibility index (Phi) is 9.83. The van der Waals surface area contributed by atoms with Crippen molar-refractivity contribution in [2.24, 2.45) is 0 Å². The zero-order chi connectivity index (χ0) is 21.1. The Bertz CT molecular complexity index is 664. The van der Waals surface area contributed by atoms with Crippen molar-refractivity contribution in [2.45, 2.75) is 69.4 Å². The van der Waals surface area contributed by atoms with Gasteiger partial charge in [-0.05, 0) is 37.5 Å². The van der Waals surface area contributed by atoms with E-state index in [9.17, 15) is 19.5 Å². The summed E-state index contributed by atoms with van der Waals surface area (Å²) < 4.78 is 5.07. The molecule has 1 aromatic rings. The van der Waals surface area contributed by atoms with Crippen molar-refractivity contribution in [3.63, 3.8) is 0 Å². The SMILES string of the molecule is CC(SCCC(NC(=O)OCc1ccccc1)C(=O)O)C(=O)NC1CCCCC1. The largest absolute Gasteiger partial charge is 0.480 e. The minimum Gasteiger partial charge on any atom is -0.480 e. The fourth-order valence-electron chi connectivity index (χ4n) is 3.17. The lowest BCUT2D eigenvalue weighted by atomic mass is 9.95. The topological polar surface area (TPSA) is 105 Å². The number of carboxylic acids is 1. The molecule has 1 aliphatic rings. The molecule has 1 saturated carbocycles. The highest BCUT2D eigenvalue weighted by Gasteiger charge is 2.23. The number of hydrogen-bond donors (Lipinski definition) is 3. The molecule has 0 saturated heterocycles. The fourth-order valence-corrected chi connectivity index (χ4v) is 4.11. The quantitative estimate of drug-likeness (QED) is 0.534. The molecule has 0 spiro atoms. The van der Waals surface area contributed by atoms with Gasteiger partial charge in [0, 0.05) is 6.04 Å². The molecular weight excluding hydrogens is 392 g/mol. The number of carboxylic acid groups (broad SMARTS) is 1. The number of nitrogens with one attached hydrogen (secondary N) is 2. The third kappa shape index (κ3) is 8.77. The summed E-state index contributed by atoms with van der Waals surface area (Å²) in [6, 6.07) is 8.36. The van der Waals surface area contributed by atoms with Gasteiger partial charge in [-0.1, -0.05) is 49.6 Å². The van der Waals surface area contributed by atoms with Gasteiger partial charge in [0.25, 0.3) is 0 Å². The number of carbonyl (C=O) groups excluding carboxylic acids is 2. The summed E-state index contributed by atoms with van der Waals surface area (Å²) in [7, 11) is 0. The Morgan fingerprint density at radius 2 is 1.86 bits per heavy atom. The van der Waals surface area contributed by atoms with Gasteiger partial charge in [-0.15, -0.1) is 11.8 Å². The van der Waals surface area contributed by atoms with E-state index in [-0.39, 0.29) is 30.2 Å². The molecule has 0 heterocycles. The van der Waals surface area contributed by atoms with Gasteiger partial charge in [-0.25, -0.2) is 9.59 Å². The molecule has 1 aromatic carbocycles. The second-order valence-electron chi connectivity index (χ2n) is 7.24. The van der Waals surface area contributed by atoms with Gasteiger partial charge in [-0.3, -0.25) is 4.79 Å². The summed E-state index contributed by atoms with van der Waals surface area (Å²) in [5.41, 5.74) is 0.822.